The maximum absolute atomic E-state index is 13.7. The summed E-state index contributed by atoms with van der Waals surface area (Å²) in [5.41, 5.74) is 0.429. The molecule has 0 radical (unpaired) electrons. The molecule has 0 aliphatic carbocycles. The van der Waals surface area contributed by atoms with E-state index in [0.29, 0.717) is 5.56 Å². The molecule has 1 unspecified atom stereocenters. The number of amides is 1. The van der Waals surface area contributed by atoms with Crippen LogP contribution < -0.4 is 14.8 Å². The van der Waals surface area contributed by atoms with Crippen molar-refractivity contribution < 1.29 is 31.8 Å². The highest BCUT2D eigenvalue weighted by Crippen LogP contribution is 2.30. The van der Waals surface area contributed by atoms with Crippen LogP contribution in [-0.4, -0.2) is 37.6 Å². The molecule has 0 saturated carbocycles. The molecule has 0 bridgehead atoms. The van der Waals surface area contributed by atoms with Crippen LogP contribution in [0.2, 0.25) is 0 Å². The molecule has 2 aromatic carbocycles. The lowest BCUT2D eigenvalue weighted by Gasteiger charge is -2.24. The number of ether oxygens (including phenoxy) is 2. The Morgan fingerprint density at radius 3 is 2.50 bits per heavy atom. The number of nitrogens with zero attached hydrogens (tertiary/aromatic N) is 1. The van der Waals surface area contributed by atoms with Crippen molar-refractivity contribution in [3.63, 3.8) is 0 Å². The molecule has 2 rings (SSSR count). The van der Waals surface area contributed by atoms with Crippen molar-refractivity contribution in [3.05, 3.63) is 53.6 Å². The minimum absolute atomic E-state index is 0.101. The molecule has 0 aromatic heterocycles. The van der Waals surface area contributed by atoms with Gasteiger partial charge >= 0.3 is 6.61 Å². The smallest absolute Gasteiger partial charge is 0.387 e. The molecule has 0 aliphatic heterocycles. The summed E-state index contributed by atoms with van der Waals surface area (Å²) < 4.78 is 61.1. The topological polar surface area (TPSA) is 50.8 Å². The molecule has 2 aromatic rings. The molecular formula is C19H20F4N2O3. The third-order valence-electron chi connectivity index (χ3n) is 4.10. The number of hydrogen-bond donors (Lipinski definition) is 1. The number of carbonyl (C=O) groups is 1. The van der Waals surface area contributed by atoms with Crippen LogP contribution in [0.15, 0.2) is 36.4 Å². The van der Waals surface area contributed by atoms with Crippen molar-refractivity contribution in [2.45, 2.75) is 26.1 Å². The van der Waals surface area contributed by atoms with Gasteiger partial charge in [0.2, 0.25) is 5.91 Å². The van der Waals surface area contributed by atoms with E-state index in [0.717, 1.165) is 18.2 Å². The average Bonchev–Trinajstić information content (AvgIpc) is 2.64. The first-order valence-corrected chi connectivity index (χ1v) is 8.29. The fourth-order valence-electron chi connectivity index (χ4n) is 2.46. The van der Waals surface area contributed by atoms with Gasteiger partial charge in [0, 0.05) is 12.6 Å². The first kappa shape index (κ1) is 21.5. The number of benzene rings is 2. The van der Waals surface area contributed by atoms with E-state index in [1.165, 1.54) is 19.2 Å². The molecule has 1 amide bonds. The van der Waals surface area contributed by atoms with Crippen molar-refractivity contribution in [2.75, 3.05) is 19.5 Å². The van der Waals surface area contributed by atoms with E-state index in [4.69, 9.17) is 4.74 Å². The summed E-state index contributed by atoms with van der Waals surface area (Å²) in [5.74, 6) is -1.92. The molecule has 0 heterocycles. The number of halogens is 4. The van der Waals surface area contributed by atoms with Crippen LogP contribution in [0.1, 0.15) is 12.5 Å². The molecule has 0 spiro atoms. The zero-order valence-electron chi connectivity index (χ0n) is 15.5. The standard InChI is InChI=1S/C19H20F4N2O3/c1-11(18(26)24-15-9-13(20)5-6-14(15)21)25(2)10-12-4-7-16(28-19(22)23)17(8-12)27-3/h4-9,11,19H,10H2,1-3H3,(H,24,26). The molecular weight excluding hydrogens is 380 g/mol. The van der Waals surface area contributed by atoms with E-state index in [2.05, 4.69) is 10.1 Å². The molecule has 0 fully saturated rings. The van der Waals surface area contributed by atoms with E-state index in [1.807, 2.05) is 0 Å². The maximum atomic E-state index is 13.7. The second-order valence-electron chi connectivity index (χ2n) is 6.07. The molecule has 28 heavy (non-hydrogen) atoms. The third-order valence-corrected chi connectivity index (χ3v) is 4.10. The first-order chi connectivity index (χ1) is 13.2. The number of rotatable bonds is 8. The average molecular weight is 400 g/mol. The van der Waals surface area contributed by atoms with Gasteiger partial charge < -0.3 is 14.8 Å². The molecule has 1 N–H and O–H groups in total. The van der Waals surface area contributed by atoms with E-state index in [9.17, 15) is 22.4 Å². The molecule has 9 heteroatoms. The van der Waals surface area contributed by atoms with Crippen LogP contribution in [0.3, 0.4) is 0 Å². The van der Waals surface area contributed by atoms with Gasteiger partial charge in [0.1, 0.15) is 11.6 Å². The van der Waals surface area contributed by atoms with Gasteiger partial charge in [-0.3, -0.25) is 9.69 Å². The number of carbonyl (C=O) groups excluding carboxylic acids is 1. The van der Waals surface area contributed by atoms with Crippen molar-refractivity contribution >= 4 is 11.6 Å². The monoisotopic (exact) mass is 400 g/mol. The van der Waals surface area contributed by atoms with E-state index >= 15 is 0 Å². The quantitative estimate of drug-likeness (QED) is 0.680. The third kappa shape index (κ3) is 5.59. The summed E-state index contributed by atoms with van der Waals surface area (Å²) in [6.07, 6.45) is 0. The van der Waals surface area contributed by atoms with Crippen LogP contribution in [0.4, 0.5) is 23.2 Å². The predicted octanol–water partition coefficient (Wildman–Crippen LogP) is 4.03. The fraction of sp³-hybridized carbons (Fsp3) is 0.316. The molecule has 5 nitrogen and oxygen atoms in total. The van der Waals surface area contributed by atoms with Gasteiger partial charge in [0.05, 0.1) is 18.8 Å². The Labute approximate surface area is 159 Å². The number of nitrogens with one attached hydrogen (secondary N) is 1. The van der Waals surface area contributed by atoms with Crippen LogP contribution in [0.5, 0.6) is 11.5 Å². The second kappa shape index (κ2) is 9.41. The number of hydrogen-bond acceptors (Lipinski definition) is 4. The van der Waals surface area contributed by atoms with Gasteiger partial charge in [-0.15, -0.1) is 0 Å². The Kier molecular flexibility index (Phi) is 7.22. The fourth-order valence-corrected chi connectivity index (χ4v) is 2.46. The highest BCUT2D eigenvalue weighted by molar-refractivity contribution is 5.94. The second-order valence-corrected chi connectivity index (χ2v) is 6.07. The lowest BCUT2D eigenvalue weighted by molar-refractivity contribution is -0.120. The first-order valence-electron chi connectivity index (χ1n) is 8.29. The Bertz CT molecular complexity index is 833. The summed E-state index contributed by atoms with van der Waals surface area (Å²) in [6.45, 7) is -1.11. The van der Waals surface area contributed by atoms with Gasteiger partial charge in [-0.05, 0) is 43.8 Å². The zero-order chi connectivity index (χ0) is 20.8. The highest BCUT2D eigenvalue weighted by atomic mass is 19.3. The Balaban J connectivity index is 2.05. The van der Waals surface area contributed by atoms with Crippen LogP contribution in [0.25, 0.3) is 0 Å². The zero-order valence-corrected chi connectivity index (χ0v) is 15.5. The molecule has 0 saturated heterocycles. The van der Waals surface area contributed by atoms with Crippen molar-refractivity contribution in [1.29, 1.82) is 0 Å². The van der Waals surface area contributed by atoms with Crippen molar-refractivity contribution in [3.8, 4) is 11.5 Å². The van der Waals surface area contributed by atoms with E-state index in [1.54, 1.807) is 24.9 Å². The SMILES string of the molecule is COc1cc(CN(C)C(C)C(=O)Nc2cc(F)ccc2F)ccc1OC(F)F. The van der Waals surface area contributed by atoms with Crippen molar-refractivity contribution in [2.24, 2.45) is 0 Å². The van der Waals surface area contributed by atoms with E-state index < -0.39 is 30.2 Å². The number of alkyl halides is 2. The van der Waals surface area contributed by atoms with Gasteiger partial charge in [-0.25, -0.2) is 8.78 Å². The van der Waals surface area contributed by atoms with Gasteiger partial charge in [0.25, 0.3) is 0 Å². The molecule has 1 atom stereocenters. The van der Waals surface area contributed by atoms with E-state index in [-0.39, 0.29) is 23.7 Å². The van der Waals surface area contributed by atoms with Crippen molar-refractivity contribution in [1.82, 2.24) is 4.90 Å². The lowest BCUT2D eigenvalue weighted by atomic mass is 10.1. The Morgan fingerprint density at radius 1 is 1.14 bits per heavy atom. The van der Waals surface area contributed by atoms with Gasteiger partial charge in [-0.1, -0.05) is 6.07 Å². The van der Waals surface area contributed by atoms with Gasteiger partial charge in [-0.2, -0.15) is 8.78 Å². The number of anilines is 1. The highest BCUT2D eigenvalue weighted by Gasteiger charge is 2.20. The van der Waals surface area contributed by atoms with Crippen LogP contribution >= 0.6 is 0 Å². The maximum Gasteiger partial charge on any atom is 0.387 e. The minimum atomic E-state index is -2.98. The molecule has 0 aliphatic rings. The summed E-state index contributed by atoms with van der Waals surface area (Å²) in [7, 11) is 2.98. The number of likely N-dealkylation sites (N-methyl/N-ethyl adjacent to an activating group) is 1. The summed E-state index contributed by atoms with van der Waals surface area (Å²) in [5, 5.41) is 2.35. The molecule has 152 valence electrons. The van der Waals surface area contributed by atoms with Crippen LogP contribution in [-0.2, 0) is 11.3 Å². The summed E-state index contributed by atoms with van der Waals surface area (Å²) in [4.78, 5) is 14.0. The Morgan fingerprint density at radius 2 is 1.86 bits per heavy atom. The van der Waals surface area contributed by atoms with Crippen LogP contribution in [0, 0.1) is 11.6 Å². The summed E-state index contributed by atoms with van der Waals surface area (Å²) in [6, 6.07) is 6.52. The normalized spacial score (nSPS) is 12.2. The summed E-state index contributed by atoms with van der Waals surface area (Å²) >= 11 is 0. The predicted molar refractivity (Wildman–Crippen MR) is 95.5 cm³/mol. The minimum Gasteiger partial charge on any atom is -0.493 e. The largest absolute Gasteiger partial charge is 0.493 e. The Hall–Kier alpha value is -2.81. The lowest BCUT2D eigenvalue weighted by Crippen LogP contribution is -2.39. The number of methoxy groups -OCH3 is 1. The van der Waals surface area contributed by atoms with Gasteiger partial charge in [0.15, 0.2) is 11.5 Å².